The Morgan fingerprint density at radius 1 is 0.800 bits per heavy atom. The fourth-order valence-corrected chi connectivity index (χ4v) is 6.35. The number of halogens is 3. The molecule has 5 heteroatoms. The molecule has 0 saturated carbocycles. The van der Waals surface area contributed by atoms with Crippen molar-refractivity contribution >= 4 is 83.3 Å². The largest absolute Gasteiger partial charge is 0.308 e. The highest BCUT2D eigenvalue weighted by molar-refractivity contribution is 14.1. The summed E-state index contributed by atoms with van der Waals surface area (Å²) in [6, 6.07) is 17.6. The summed E-state index contributed by atoms with van der Waals surface area (Å²) in [5.41, 5.74) is 6.32. The van der Waals surface area contributed by atoms with E-state index in [9.17, 15) is 0 Å². The number of hydrogen-bond donors (Lipinski definition) is 0. The van der Waals surface area contributed by atoms with Gasteiger partial charge in [0, 0.05) is 22.3 Å². The van der Waals surface area contributed by atoms with Crippen molar-refractivity contribution in [1.82, 2.24) is 0 Å². The van der Waals surface area contributed by atoms with Crippen LogP contribution in [0.25, 0.3) is 0 Å². The van der Waals surface area contributed by atoms with E-state index >= 15 is 0 Å². The molecule has 0 saturated heterocycles. The van der Waals surface area contributed by atoms with Gasteiger partial charge in [0.15, 0.2) is 0 Å². The summed E-state index contributed by atoms with van der Waals surface area (Å²) in [5, 5.41) is 0. The zero-order valence-corrected chi connectivity index (χ0v) is 19.8. The van der Waals surface area contributed by atoms with E-state index in [-0.39, 0.29) is 0 Å². The van der Waals surface area contributed by atoms with Crippen molar-refractivity contribution in [2.45, 2.75) is 23.6 Å². The summed E-state index contributed by atoms with van der Waals surface area (Å²) in [5.74, 6) is 0. The Balaban J connectivity index is 2.03. The van der Waals surface area contributed by atoms with E-state index in [2.05, 4.69) is 122 Å². The molecule has 0 atom stereocenters. The second-order valence-electron chi connectivity index (χ2n) is 6.05. The van der Waals surface area contributed by atoms with Crippen molar-refractivity contribution in [1.29, 1.82) is 0 Å². The average Bonchev–Trinajstić information content (AvgIpc) is 2.52. The normalized spacial score (nSPS) is 12.8. The van der Waals surface area contributed by atoms with Gasteiger partial charge in [0.05, 0.1) is 17.1 Å². The van der Waals surface area contributed by atoms with Crippen LogP contribution in [0, 0.1) is 17.4 Å². The van der Waals surface area contributed by atoms with Crippen LogP contribution in [0.1, 0.15) is 11.1 Å². The predicted octanol–water partition coefficient (Wildman–Crippen LogP) is 8.37. The van der Waals surface area contributed by atoms with Crippen LogP contribution in [-0.2, 0) is 0 Å². The van der Waals surface area contributed by atoms with Gasteiger partial charge in [-0.3, -0.25) is 0 Å². The molecule has 0 amide bonds. The van der Waals surface area contributed by atoms with E-state index < -0.39 is 0 Å². The predicted molar refractivity (Wildman–Crippen MR) is 123 cm³/mol. The summed E-state index contributed by atoms with van der Waals surface area (Å²) in [6.07, 6.45) is 0. The topological polar surface area (TPSA) is 3.24 Å². The Kier molecular flexibility index (Phi) is 4.94. The van der Waals surface area contributed by atoms with Crippen LogP contribution in [0.5, 0.6) is 0 Å². The Morgan fingerprint density at radius 2 is 1.28 bits per heavy atom. The molecule has 0 bridgehead atoms. The monoisotopic (exact) mass is 585 g/mol. The maximum Gasteiger partial charge on any atom is 0.0602 e. The van der Waals surface area contributed by atoms with Gasteiger partial charge in [-0.1, -0.05) is 43.6 Å². The van der Waals surface area contributed by atoms with Crippen LogP contribution in [0.2, 0.25) is 0 Å². The first-order valence-electron chi connectivity index (χ1n) is 7.78. The molecule has 0 fully saturated rings. The first kappa shape index (κ1) is 17.9. The first-order valence-corrected chi connectivity index (χ1v) is 11.3. The number of rotatable bonds is 1. The number of fused-ring (bicyclic) bond motifs is 2. The summed E-state index contributed by atoms with van der Waals surface area (Å²) in [6.45, 7) is 4.40. The molecule has 0 aromatic heterocycles. The van der Waals surface area contributed by atoms with Gasteiger partial charge in [0.1, 0.15) is 0 Å². The van der Waals surface area contributed by atoms with Gasteiger partial charge in [-0.05, 0) is 96.1 Å². The molecule has 1 aliphatic rings. The number of hydrogen-bond acceptors (Lipinski definition) is 2. The molecule has 0 spiro atoms. The molecule has 0 radical (unpaired) electrons. The van der Waals surface area contributed by atoms with E-state index in [1.165, 1.54) is 41.6 Å². The van der Waals surface area contributed by atoms with Crippen LogP contribution in [0.3, 0.4) is 0 Å². The highest BCUT2D eigenvalue weighted by Gasteiger charge is 2.27. The smallest absolute Gasteiger partial charge is 0.0602 e. The second-order valence-corrected chi connectivity index (χ2v) is 10.2. The Labute approximate surface area is 182 Å². The van der Waals surface area contributed by atoms with Gasteiger partial charge in [-0.15, -0.1) is 0 Å². The molecule has 126 valence electrons. The summed E-state index contributed by atoms with van der Waals surface area (Å²) < 4.78 is 3.48. The first-order chi connectivity index (χ1) is 11.9. The molecule has 3 aromatic carbocycles. The number of aryl methyl sites for hydroxylation is 2. The van der Waals surface area contributed by atoms with E-state index in [0.29, 0.717) is 0 Å². The van der Waals surface area contributed by atoms with Crippen LogP contribution in [-0.4, -0.2) is 0 Å². The molecule has 1 nitrogen and oxygen atoms in total. The molecule has 0 unspecified atom stereocenters. The Morgan fingerprint density at radius 3 is 1.76 bits per heavy atom. The van der Waals surface area contributed by atoms with E-state index in [1.54, 1.807) is 0 Å². The van der Waals surface area contributed by atoms with Crippen molar-refractivity contribution in [2.75, 3.05) is 4.90 Å². The number of benzene rings is 3. The third-order valence-corrected chi connectivity index (χ3v) is 6.93. The van der Waals surface area contributed by atoms with Gasteiger partial charge in [-0.25, -0.2) is 0 Å². The van der Waals surface area contributed by atoms with E-state index in [0.717, 1.165) is 8.95 Å². The van der Waals surface area contributed by atoms with Crippen LogP contribution >= 0.6 is 66.2 Å². The quantitative estimate of drug-likeness (QED) is 0.206. The Bertz CT molecular complexity index is 928. The van der Waals surface area contributed by atoms with Crippen LogP contribution in [0.4, 0.5) is 17.1 Å². The van der Waals surface area contributed by atoms with Crippen molar-refractivity contribution in [3.05, 3.63) is 72.2 Å². The van der Waals surface area contributed by atoms with Gasteiger partial charge in [0.25, 0.3) is 0 Å². The highest BCUT2D eigenvalue weighted by Crippen LogP contribution is 2.53. The summed E-state index contributed by atoms with van der Waals surface area (Å²) in [7, 11) is 0. The minimum Gasteiger partial charge on any atom is -0.308 e. The third kappa shape index (κ3) is 3.29. The van der Waals surface area contributed by atoms with Gasteiger partial charge < -0.3 is 4.90 Å². The zero-order valence-electron chi connectivity index (χ0n) is 13.6. The van der Waals surface area contributed by atoms with Crippen LogP contribution < -0.4 is 4.90 Å². The number of nitrogens with zero attached hydrogens (tertiary/aromatic N) is 1. The maximum atomic E-state index is 3.62. The molecule has 3 aromatic rings. The standard InChI is InChI=1S/C20H14Br2INS/c1-11-7-15(23)8-12(2)20(11)24-16-5-3-13(21)9-18(16)25-19-10-14(22)4-6-17(19)24/h3-10H,1-2H3. The fraction of sp³-hybridized carbons (Fsp3) is 0.100. The number of anilines is 3. The van der Waals surface area contributed by atoms with Crippen molar-refractivity contribution < 1.29 is 0 Å². The molecule has 4 rings (SSSR count). The van der Waals surface area contributed by atoms with E-state index in [4.69, 9.17) is 0 Å². The highest BCUT2D eigenvalue weighted by atomic mass is 127. The molecule has 1 aliphatic heterocycles. The lowest BCUT2D eigenvalue weighted by Crippen LogP contribution is -2.17. The van der Waals surface area contributed by atoms with Crippen LogP contribution in [0.15, 0.2) is 67.3 Å². The fourth-order valence-electron chi connectivity index (χ4n) is 3.25. The van der Waals surface area contributed by atoms with Gasteiger partial charge in [0.2, 0.25) is 0 Å². The molecular formula is C20H14Br2INS. The average molecular weight is 587 g/mol. The molecular weight excluding hydrogens is 573 g/mol. The van der Waals surface area contributed by atoms with Gasteiger partial charge in [-0.2, -0.15) is 0 Å². The molecule has 0 aliphatic carbocycles. The molecule has 25 heavy (non-hydrogen) atoms. The maximum absolute atomic E-state index is 3.62. The molecule has 1 heterocycles. The summed E-state index contributed by atoms with van der Waals surface area (Å²) >= 11 is 11.4. The van der Waals surface area contributed by atoms with Crippen molar-refractivity contribution in [3.8, 4) is 0 Å². The second kappa shape index (κ2) is 6.91. The Hall–Kier alpha value is -0.500. The minimum absolute atomic E-state index is 1.10. The van der Waals surface area contributed by atoms with E-state index in [1.807, 2.05) is 11.8 Å². The lowest BCUT2D eigenvalue weighted by Gasteiger charge is -2.35. The lowest BCUT2D eigenvalue weighted by atomic mass is 10.1. The third-order valence-electron chi connectivity index (χ3n) is 4.22. The van der Waals surface area contributed by atoms with Crippen molar-refractivity contribution in [3.63, 3.8) is 0 Å². The van der Waals surface area contributed by atoms with Crippen molar-refractivity contribution in [2.24, 2.45) is 0 Å². The lowest BCUT2D eigenvalue weighted by molar-refractivity contribution is 1.13. The SMILES string of the molecule is Cc1cc(I)cc(C)c1N1c2ccc(Br)cc2Sc2cc(Br)ccc21. The zero-order chi connectivity index (χ0) is 17.7. The summed E-state index contributed by atoms with van der Waals surface area (Å²) in [4.78, 5) is 4.93. The molecule has 0 N–H and O–H groups in total. The van der Waals surface area contributed by atoms with Gasteiger partial charge >= 0.3 is 0 Å². The minimum atomic E-state index is 1.10.